The Hall–Kier alpha value is -2.31. The number of carbonyl (C=O) groups excluding carboxylic acids is 1. The molecule has 1 fully saturated rings. The van der Waals surface area contributed by atoms with Gasteiger partial charge in [-0.05, 0) is 36.9 Å². The van der Waals surface area contributed by atoms with E-state index < -0.39 is 0 Å². The first kappa shape index (κ1) is 18.5. The van der Waals surface area contributed by atoms with E-state index in [4.69, 9.17) is 4.74 Å². The lowest BCUT2D eigenvalue weighted by molar-refractivity contribution is -0.125. The number of aromatic nitrogens is 2. The van der Waals surface area contributed by atoms with E-state index in [1.807, 2.05) is 12.4 Å². The van der Waals surface area contributed by atoms with Crippen LogP contribution in [0.1, 0.15) is 24.8 Å². The molecular weight excluding hydrogens is 328 g/mol. The Morgan fingerprint density at radius 3 is 2.73 bits per heavy atom. The molecule has 138 valence electrons. The molecule has 3 rings (SSSR count). The first-order valence-electron chi connectivity index (χ1n) is 9.13. The van der Waals surface area contributed by atoms with Crippen molar-refractivity contribution in [3.05, 3.63) is 48.5 Å². The van der Waals surface area contributed by atoms with Gasteiger partial charge in [-0.15, -0.1) is 0 Å². The van der Waals surface area contributed by atoms with Crippen LogP contribution in [-0.2, 0) is 16.1 Å². The maximum Gasteiger partial charge on any atom is 0.237 e. The number of nitrogens with one attached hydrogen (secondary N) is 1. The molecule has 1 aliphatic heterocycles. The van der Waals surface area contributed by atoms with Crippen molar-refractivity contribution < 1.29 is 9.53 Å². The quantitative estimate of drug-likeness (QED) is 0.737. The van der Waals surface area contributed by atoms with Crippen molar-refractivity contribution in [2.75, 3.05) is 26.8 Å². The van der Waals surface area contributed by atoms with Crippen molar-refractivity contribution in [1.29, 1.82) is 0 Å². The Balaban J connectivity index is 1.56. The zero-order chi connectivity index (χ0) is 18.2. The molecule has 0 aliphatic carbocycles. The third kappa shape index (κ3) is 4.86. The number of amides is 1. The Labute approximate surface area is 154 Å². The smallest absolute Gasteiger partial charge is 0.237 e. The molecular formula is C20H26N4O2. The van der Waals surface area contributed by atoms with Crippen molar-refractivity contribution in [3.63, 3.8) is 0 Å². The minimum absolute atomic E-state index is 0.0280. The van der Waals surface area contributed by atoms with E-state index in [1.165, 1.54) is 11.9 Å². The summed E-state index contributed by atoms with van der Waals surface area (Å²) in [6.07, 6.45) is 8.00. The van der Waals surface area contributed by atoms with Crippen molar-refractivity contribution >= 4 is 5.91 Å². The van der Waals surface area contributed by atoms with E-state index in [0.717, 1.165) is 43.5 Å². The number of nitrogens with zero attached hydrogens (tertiary/aromatic N) is 3. The van der Waals surface area contributed by atoms with E-state index in [2.05, 4.69) is 44.5 Å². The van der Waals surface area contributed by atoms with E-state index in [9.17, 15) is 4.79 Å². The number of hydrogen-bond donors (Lipinski definition) is 1. The molecule has 6 heteroatoms. The molecule has 0 bridgehead atoms. The van der Waals surface area contributed by atoms with Gasteiger partial charge in [-0.1, -0.05) is 24.3 Å². The molecule has 2 heterocycles. The lowest BCUT2D eigenvalue weighted by atomic mass is 10.1. The highest BCUT2D eigenvalue weighted by Crippen LogP contribution is 2.22. The summed E-state index contributed by atoms with van der Waals surface area (Å²) in [5.74, 6) is 0.136. The highest BCUT2D eigenvalue weighted by molar-refractivity contribution is 5.82. The van der Waals surface area contributed by atoms with E-state index in [1.54, 1.807) is 7.11 Å². The predicted molar refractivity (Wildman–Crippen MR) is 100 cm³/mol. The standard InChI is InChI=1S/C20H26N4O2/c1-26-11-3-9-23-20(25)19-4-2-10-24(19)14-16-5-7-17(8-6-16)18-12-21-15-22-13-18/h5-8,12-13,15,19H,2-4,9-11,14H2,1H3,(H,23,25). The van der Waals surface area contributed by atoms with Gasteiger partial charge in [0, 0.05) is 44.8 Å². The molecule has 6 nitrogen and oxygen atoms in total. The lowest BCUT2D eigenvalue weighted by Crippen LogP contribution is -2.43. The second-order valence-electron chi connectivity index (χ2n) is 6.59. The van der Waals surface area contributed by atoms with Crippen LogP contribution in [0.25, 0.3) is 11.1 Å². The lowest BCUT2D eigenvalue weighted by Gasteiger charge is -2.23. The second-order valence-corrected chi connectivity index (χ2v) is 6.59. The molecule has 0 saturated carbocycles. The number of likely N-dealkylation sites (tertiary alicyclic amines) is 1. The van der Waals surface area contributed by atoms with Gasteiger partial charge in [-0.3, -0.25) is 9.69 Å². The van der Waals surface area contributed by atoms with Crippen LogP contribution in [0.5, 0.6) is 0 Å². The molecule has 1 N–H and O–H groups in total. The molecule has 1 atom stereocenters. The third-order valence-electron chi connectivity index (χ3n) is 4.72. The number of rotatable bonds is 8. The van der Waals surface area contributed by atoms with E-state index in [-0.39, 0.29) is 11.9 Å². The van der Waals surface area contributed by atoms with Gasteiger partial charge in [-0.25, -0.2) is 9.97 Å². The summed E-state index contributed by atoms with van der Waals surface area (Å²) in [5.41, 5.74) is 3.32. The van der Waals surface area contributed by atoms with Gasteiger partial charge in [0.05, 0.1) is 6.04 Å². The van der Waals surface area contributed by atoms with Crippen LogP contribution in [0.3, 0.4) is 0 Å². The number of methoxy groups -OCH3 is 1. The van der Waals surface area contributed by atoms with Crippen molar-refractivity contribution in [2.45, 2.75) is 31.8 Å². The fraction of sp³-hybridized carbons (Fsp3) is 0.450. The Bertz CT molecular complexity index is 691. The SMILES string of the molecule is COCCCNC(=O)C1CCCN1Cc1ccc(-c2cncnc2)cc1. The summed E-state index contributed by atoms with van der Waals surface area (Å²) in [7, 11) is 1.68. The predicted octanol–water partition coefficient (Wildman–Crippen LogP) is 2.26. The molecule has 1 saturated heterocycles. The van der Waals surface area contributed by atoms with Gasteiger partial charge in [0.1, 0.15) is 6.33 Å². The maximum absolute atomic E-state index is 12.4. The van der Waals surface area contributed by atoms with Crippen LogP contribution in [-0.4, -0.2) is 53.6 Å². The summed E-state index contributed by atoms with van der Waals surface area (Å²) in [6, 6.07) is 8.38. The molecule has 0 spiro atoms. The number of ether oxygens (including phenoxy) is 1. The largest absolute Gasteiger partial charge is 0.385 e. The molecule has 1 amide bonds. The summed E-state index contributed by atoms with van der Waals surface area (Å²) in [4.78, 5) is 22.8. The molecule has 1 aromatic heterocycles. The summed E-state index contributed by atoms with van der Waals surface area (Å²) >= 11 is 0. The zero-order valence-corrected chi connectivity index (χ0v) is 15.2. The summed E-state index contributed by atoms with van der Waals surface area (Å²) in [5, 5.41) is 3.03. The van der Waals surface area contributed by atoms with Crippen LogP contribution in [0.15, 0.2) is 43.0 Å². The second kappa shape index (κ2) is 9.40. The highest BCUT2D eigenvalue weighted by atomic mass is 16.5. The monoisotopic (exact) mass is 354 g/mol. The molecule has 26 heavy (non-hydrogen) atoms. The normalized spacial score (nSPS) is 17.3. The van der Waals surface area contributed by atoms with Crippen LogP contribution in [0, 0.1) is 0 Å². The Morgan fingerprint density at radius 2 is 2.00 bits per heavy atom. The number of carbonyl (C=O) groups is 1. The van der Waals surface area contributed by atoms with Gasteiger partial charge in [0.25, 0.3) is 0 Å². The topological polar surface area (TPSA) is 67.3 Å². The van der Waals surface area contributed by atoms with Gasteiger partial charge in [0.2, 0.25) is 5.91 Å². The van der Waals surface area contributed by atoms with E-state index in [0.29, 0.717) is 13.2 Å². The van der Waals surface area contributed by atoms with Crippen LogP contribution < -0.4 is 5.32 Å². The van der Waals surface area contributed by atoms with Crippen molar-refractivity contribution in [3.8, 4) is 11.1 Å². The van der Waals surface area contributed by atoms with Crippen molar-refractivity contribution in [1.82, 2.24) is 20.2 Å². The molecule has 1 aromatic carbocycles. The Morgan fingerprint density at radius 1 is 1.23 bits per heavy atom. The number of benzene rings is 1. The molecule has 1 unspecified atom stereocenters. The van der Waals surface area contributed by atoms with Crippen LogP contribution >= 0.6 is 0 Å². The fourth-order valence-corrected chi connectivity index (χ4v) is 3.34. The average Bonchev–Trinajstić information content (AvgIpc) is 3.15. The third-order valence-corrected chi connectivity index (χ3v) is 4.72. The summed E-state index contributed by atoms with van der Waals surface area (Å²) < 4.78 is 5.02. The van der Waals surface area contributed by atoms with Crippen LogP contribution in [0.4, 0.5) is 0 Å². The first-order valence-corrected chi connectivity index (χ1v) is 9.13. The van der Waals surface area contributed by atoms with Gasteiger partial charge >= 0.3 is 0 Å². The van der Waals surface area contributed by atoms with Gasteiger partial charge in [0.15, 0.2) is 0 Å². The Kier molecular flexibility index (Phi) is 6.68. The molecule has 0 radical (unpaired) electrons. The van der Waals surface area contributed by atoms with E-state index >= 15 is 0 Å². The highest BCUT2D eigenvalue weighted by Gasteiger charge is 2.30. The minimum Gasteiger partial charge on any atom is -0.385 e. The maximum atomic E-state index is 12.4. The minimum atomic E-state index is -0.0280. The summed E-state index contributed by atoms with van der Waals surface area (Å²) in [6.45, 7) is 3.10. The molecule has 1 aliphatic rings. The van der Waals surface area contributed by atoms with Gasteiger partial charge in [-0.2, -0.15) is 0 Å². The number of hydrogen-bond acceptors (Lipinski definition) is 5. The van der Waals surface area contributed by atoms with Crippen molar-refractivity contribution in [2.24, 2.45) is 0 Å². The first-order chi connectivity index (χ1) is 12.8. The van der Waals surface area contributed by atoms with Gasteiger partial charge < -0.3 is 10.1 Å². The molecule has 2 aromatic rings. The van der Waals surface area contributed by atoms with Crippen LogP contribution in [0.2, 0.25) is 0 Å². The zero-order valence-electron chi connectivity index (χ0n) is 15.2. The average molecular weight is 354 g/mol. The fourth-order valence-electron chi connectivity index (χ4n) is 3.34.